The van der Waals surface area contributed by atoms with Gasteiger partial charge in [0.2, 0.25) is 5.91 Å². The molecule has 6 heteroatoms. The SMILES string of the molecule is COc1ccc(NC(=O)CCc2ccc(-n3nc(C)cc3C)cc2)cc1OC. The van der Waals surface area contributed by atoms with Crippen molar-refractivity contribution in [2.45, 2.75) is 26.7 Å². The molecule has 0 bridgehead atoms. The van der Waals surface area contributed by atoms with Crippen molar-refractivity contribution in [3.63, 3.8) is 0 Å². The van der Waals surface area contributed by atoms with Crippen molar-refractivity contribution in [1.82, 2.24) is 9.78 Å². The van der Waals surface area contributed by atoms with Gasteiger partial charge in [-0.2, -0.15) is 5.10 Å². The summed E-state index contributed by atoms with van der Waals surface area (Å²) in [7, 11) is 3.15. The first-order valence-corrected chi connectivity index (χ1v) is 9.14. The van der Waals surface area contributed by atoms with Crippen LogP contribution in [0.3, 0.4) is 0 Å². The minimum atomic E-state index is -0.0464. The molecule has 3 rings (SSSR count). The molecular weight excluding hydrogens is 354 g/mol. The van der Waals surface area contributed by atoms with E-state index in [9.17, 15) is 4.79 Å². The van der Waals surface area contributed by atoms with E-state index in [1.165, 1.54) is 0 Å². The van der Waals surface area contributed by atoms with Crippen LogP contribution in [0.15, 0.2) is 48.5 Å². The van der Waals surface area contributed by atoms with Gasteiger partial charge >= 0.3 is 0 Å². The minimum Gasteiger partial charge on any atom is -0.493 e. The molecule has 3 aromatic rings. The van der Waals surface area contributed by atoms with Gasteiger partial charge in [-0.1, -0.05) is 12.1 Å². The first-order chi connectivity index (χ1) is 13.5. The predicted octanol–water partition coefficient (Wildman–Crippen LogP) is 4.08. The molecule has 0 radical (unpaired) electrons. The van der Waals surface area contributed by atoms with Crippen LogP contribution in [-0.2, 0) is 11.2 Å². The fraction of sp³-hybridized carbons (Fsp3) is 0.273. The van der Waals surface area contributed by atoms with Crippen LogP contribution in [-0.4, -0.2) is 29.9 Å². The van der Waals surface area contributed by atoms with Crippen molar-refractivity contribution >= 4 is 11.6 Å². The molecule has 0 fully saturated rings. The number of ether oxygens (including phenoxy) is 2. The Bertz CT molecular complexity index is 962. The number of nitrogens with one attached hydrogen (secondary N) is 1. The summed E-state index contributed by atoms with van der Waals surface area (Å²) in [5.74, 6) is 1.16. The smallest absolute Gasteiger partial charge is 0.224 e. The second-order valence-corrected chi connectivity index (χ2v) is 6.62. The van der Waals surface area contributed by atoms with Crippen LogP contribution in [0.2, 0.25) is 0 Å². The van der Waals surface area contributed by atoms with E-state index in [0.717, 1.165) is 22.6 Å². The first kappa shape index (κ1) is 19.5. The highest BCUT2D eigenvalue weighted by Gasteiger charge is 2.08. The molecule has 1 N–H and O–H groups in total. The maximum absolute atomic E-state index is 12.3. The summed E-state index contributed by atoms with van der Waals surface area (Å²) in [6.07, 6.45) is 1.06. The molecule has 0 aliphatic carbocycles. The largest absolute Gasteiger partial charge is 0.493 e. The summed E-state index contributed by atoms with van der Waals surface area (Å²) in [6, 6.07) is 15.5. The van der Waals surface area contributed by atoms with E-state index < -0.39 is 0 Å². The fourth-order valence-electron chi connectivity index (χ4n) is 3.09. The van der Waals surface area contributed by atoms with Gasteiger partial charge in [0.25, 0.3) is 0 Å². The summed E-state index contributed by atoms with van der Waals surface area (Å²) in [5.41, 5.74) is 4.90. The lowest BCUT2D eigenvalue weighted by Crippen LogP contribution is -2.12. The number of aromatic nitrogens is 2. The molecule has 146 valence electrons. The number of benzene rings is 2. The lowest BCUT2D eigenvalue weighted by molar-refractivity contribution is -0.116. The molecule has 0 spiro atoms. The van der Waals surface area contributed by atoms with Crippen LogP contribution in [0.4, 0.5) is 5.69 Å². The molecule has 1 heterocycles. The van der Waals surface area contributed by atoms with E-state index in [1.807, 2.05) is 48.9 Å². The van der Waals surface area contributed by atoms with Gasteiger partial charge < -0.3 is 14.8 Å². The highest BCUT2D eigenvalue weighted by Crippen LogP contribution is 2.29. The van der Waals surface area contributed by atoms with E-state index in [-0.39, 0.29) is 5.91 Å². The van der Waals surface area contributed by atoms with Crippen molar-refractivity contribution in [2.24, 2.45) is 0 Å². The molecule has 6 nitrogen and oxygen atoms in total. The Morgan fingerprint density at radius 3 is 2.32 bits per heavy atom. The van der Waals surface area contributed by atoms with E-state index in [4.69, 9.17) is 9.47 Å². The zero-order chi connectivity index (χ0) is 20.1. The quantitative estimate of drug-likeness (QED) is 0.672. The zero-order valence-corrected chi connectivity index (χ0v) is 16.7. The number of anilines is 1. The number of methoxy groups -OCH3 is 2. The molecule has 0 unspecified atom stereocenters. The second kappa shape index (κ2) is 8.61. The predicted molar refractivity (Wildman–Crippen MR) is 110 cm³/mol. The number of aryl methyl sites for hydroxylation is 3. The highest BCUT2D eigenvalue weighted by atomic mass is 16.5. The number of nitrogens with zero attached hydrogens (tertiary/aromatic N) is 2. The van der Waals surface area contributed by atoms with Gasteiger partial charge in [-0.3, -0.25) is 4.79 Å². The number of carbonyl (C=O) groups is 1. The molecule has 1 amide bonds. The molecule has 0 saturated heterocycles. The molecule has 1 aromatic heterocycles. The lowest BCUT2D eigenvalue weighted by atomic mass is 10.1. The Hall–Kier alpha value is -3.28. The normalized spacial score (nSPS) is 10.6. The second-order valence-electron chi connectivity index (χ2n) is 6.62. The summed E-state index contributed by atoms with van der Waals surface area (Å²) in [4.78, 5) is 12.3. The van der Waals surface area contributed by atoms with Gasteiger partial charge in [0.15, 0.2) is 11.5 Å². The summed E-state index contributed by atoms with van der Waals surface area (Å²) in [5, 5.41) is 7.39. The number of hydrogen-bond donors (Lipinski definition) is 1. The zero-order valence-electron chi connectivity index (χ0n) is 16.7. The highest BCUT2D eigenvalue weighted by molar-refractivity contribution is 5.91. The Labute approximate surface area is 165 Å². The third-order valence-electron chi connectivity index (χ3n) is 4.50. The topological polar surface area (TPSA) is 65.4 Å². The summed E-state index contributed by atoms with van der Waals surface area (Å²) >= 11 is 0. The fourth-order valence-corrected chi connectivity index (χ4v) is 3.09. The molecule has 0 aliphatic heterocycles. The monoisotopic (exact) mass is 379 g/mol. The number of hydrogen-bond acceptors (Lipinski definition) is 4. The number of rotatable bonds is 7. The molecule has 0 atom stereocenters. The van der Waals surface area contributed by atoms with Crippen LogP contribution in [0.25, 0.3) is 5.69 Å². The minimum absolute atomic E-state index is 0.0464. The lowest BCUT2D eigenvalue weighted by Gasteiger charge is -2.11. The van der Waals surface area contributed by atoms with Gasteiger partial charge in [-0.25, -0.2) is 4.68 Å². The summed E-state index contributed by atoms with van der Waals surface area (Å²) in [6.45, 7) is 4.02. The third-order valence-corrected chi connectivity index (χ3v) is 4.50. The van der Waals surface area contributed by atoms with Gasteiger partial charge in [-0.05, 0) is 56.2 Å². The Morgan fingerprint density at radius 2 is 1.71 bits per heavy atom. The molecule has 0 saturated carbocycles. The van der Waals surface area contributed by atoms with Gasteiger partial charge in [0.05, 0.1) is 25.6 Å². The number of amides is 1. The van der Waals surface area contributed by atoms with Crippen LogP contribution in [0, 0.1) is 13.8 Å². The van der Waals surface area contributed by atoms with E-state index in [2.05, 4.69) is 10.4 Å². The molecule has 2 aromatic carbocycles. The van der Waals surface area contributed by atoms with Gasteiger partial charge in [-0.15, -0.1) is 0 Å². The average Bonchev–Trinajstić information content (AvgIpc) is 3.04. The van der Waals surface area contributed by atoms with Crippen molar-refractivity contribution in [1.29, 1.82) is 0 Å². The maximum atomic E-state index is 12.3. The maximum Gasteiger partial charge on any atom is 0.224 e. The van der Waals surface area contributed by atoms with Crippen molar-refractivity contribution in [2.75, 3.05) is 19.5 Å². The molecule has 28 heavy (non-hydrogen) atoms. The standard InChI is InChI=1S/C22H25N3O3/c1-15-13-16(2)25(24-15)19-9-5-17(6-10-19)7-12-22(26)23-18-8-11-20(27-3)21(14-18)28-4/h5-6,8-11,13-14H,7,12H2,1-4H3,(H,23,26). The van der Waals surface area contributed by atoms with E-state index >= 15 is 0 Å². The van der Waals surface area contributed by atoms with Gasteiger partial charge in [0, 0.05) is 23.9 Å². The van der Waals surface area contributed by atoms with E-state index in [0.29, 0.717) is 30.0 Å². The Morgan fingerprint density at radius 1 is 1.00 bits per heavy atom. The van der Waals surface area contributed by atoms with Crippen LogP contribution in [0.5, 0.6) is 11.5 Å². The first-order valence-electron chi connectivity index (χ1n) is 9.14. The molecule has 0 aliphatic rings. The van der Waals surface area contributed by atoms with Gasteiger partial charge in [0.1, 0.15) is 0 Å². The van der Waals surface area contributed by atoms with Crippen molar-refractivity contribution in [3.05, 3.63) is 65.5 Å². The van der Waals surface area contributed by atoms with E-state index in [1.54, 1.807) is 32.4 Å². The number of carbonyl (C=O) groups excluding carboxylic acids is 1. The van der Waals surface area contributed by atoms with Crippen LogP contribution in [0.1, 0.15) is 23.4 Å². The average molecular weight is 379 g/mol. The van der Waals surface area contributed by atoms with Crippen molar-refractivity contribution in [3.8, 4) is 17.2 Å². The van der Waals surface area contributed by atoms with Crippen LogP contribution < -0.4 is 14.8 Å². The Kier molecular flexibility index (Phi) is 5.99. The summed E-state index contributed by atoms with van der Waals surface area (Å²) < 4.78 is 12.4. The molecular formula is C22H25N3O3. The van der Waals surface area contributed by atoms with Crippen molar-refractivity contribution < 1.29 is 14.3 Å². The Balaban J connectivity index is 1.58. The third kappa shape index (κ3) is 4.52. The van der Waals surface area contributed by atoms with Crippen LogP contribution >= 0.6 is 0 Å².